The minimum Gasteiger partial charge on any atom is -0.489 e. The number of pyridine rings is 2. The van der Waals surface area contributed by atoms with Crippen molar-refractivity contribution in [1.29, 1.82) is 0 Å². The highest BCUT2D eigenvalue weighted by atomic mass is 32.2. The average molecular weight is 993 g/mol. The van der Waals surface area contributed by atoms with Crippen molar-refractivity contribution in [3.8, 4) is 11.5 Å². The first-order valence-corrected chi connectivity index (χ1v) is 26.3. The van der Waals surface area contributed by atoms with E-state index in [4.69, 9.17) is 18.9 Å². The number of hydrogen-bond donors (Lipinski definition) is 1. The van der Waals surface area contributed by atoms with Gasteiger partial charge in [0.2, 0.25) is 5.91 Å². The number of fused-ring (bicyclic) bond motifs is 2. The summed E-state index contributed by atoms with van der Waals surface area (Å²) in [7, 11) is -4.71. The lowest BCUT2D eigenvalue weighted by molar-refractivity contribution is -0.153. The van der Waals surface area contributed by atoms with Crippen LogP contribution in [0.25, 0.3) is 21.8 Å². The second-order valence-electron chi connectivity index (χ2n) is 18.9. The largest absolute Gasteiger partial charge is 0.489 e. The highest BCUT2D eigenvalue weighted by Crippen LogP contribution is 2.39. The molecule has 4 aromatic carbocycles. The molecule has 2 fully saturated rings. The molecule has 70 heavy (non-hydrogen) atoms. The molecule has 8 rings (SSSR count). The Morgan fingerprint density at radius 3 is 1.44 bits per heavy atom. The van der Waals surface area contributed by atoms with Crippen molar-refractivity contribution >= 4 is 59.3 Å². The van der Waals surface area contributed by atoms with Crippen LogP contribution in [0.2, 0.25) is 0 Å². The quantitative estimate of drug-likeness (QED) is 0.0837. The van der Waals surface area contributed by atoms with Crippen LogP contribution in [-0.2, 0) is 56.7 Å². The highest BCUT2D eigenvalue weighted by molar-refractivity contribution is 7.91. The molecule has 0 spiro atoms. The summed E-state index contributed by atoms with van der Waals surface area (Å²) in [5, 5.41) is 5.11. The van der Waals surface area contributed by atoms with Crippen LogP contribution in [0, 0.1) is 30.6 Å². The van der Waals surface area contributed by atoms with Crippen molar-refractivity contribution in [2.45, 2.75) is 70.0 Å². The van der Waals surface area contributed by atoms with Gasteiger partial charge in [-0.1, -0.05) is 50.2 Å². The summed E-state index contributed by atoms with van der Waals surface area (Å²) in [5.41, 5.74) is 4.14. The van der Waals surface area contributed by atoms with E-state index >= 15 is 0 Å². The van der Waals surface area contributed by atoms with Crippen LogP contribution in [-0.4, -0.2) is 101 Å². The molecule has 17 heteroatoms. The summed E-state index contributed by atoms with van der Waals surface area (Å²) >= 11 is 0. The summed E-state index contributed by atoms with van der Waals surface area (Å²) in [6.45, 7) is 9.84. The van der Waals surface area contributed by atoms with E-state index in [2.05, 4.69) is 15.3 Å². The molecule has 1 N–H and O–H groups in total. The van der Waals surface area contributed by atoms with Crippen molar-refractivity contribution < 1.29 is 50.2 Å². The average Bonchev–Trinajstić information content (AvgIpc) is 3.30. The number of para-hydroxylation sites is 2. The van der Waals surface area contributed by atoms with E-state index in [1.165, 1.54) is 26.4 Å². The number of esters is 2. The second kappa shape index (κ2) is 21.7. The van der Waals surface area contributed by atoms with Gasteiger partial charge in [0.05, 0.1) is 59.4 Å². The first-order valence-electron chi connectivity index (χ1n) is 23.0. The number of nitrogens with one attached hydrogen (secondary N) is 1. The van der Waals surface area contributed by atoms with Gasteiger partial charge in [0.1, 0.15) is 24.7 Å². The van der Waals surface area contributed by atoms with Gasteiger partial charge >= 0.3 is 11.9 Å². The number of amides is 1. The third-order valence-electron chi connectivity index (χ3n) is 12.5. The molecule has 1 amide bonds. The van der Waals surface area contributed by atoms with E-state index in [-0.39, 0.29) is 59.1 Å². The molecule has 2 aromatic heterocycles. The zero-order chi connectivity index (χ0) is 50.3. The molecule has 2 saturated heterocycles. The standard InChI is InChI=1S/C29H34N2O6S.C24H26N2O5S/c1-20(2)13-27(32)31-17-29(18-31,15-28(33)36-4)19-38(34,35)24-11-9-23(10-12-24)37-16-22-14-21(3)30-26-8-6-5-7-25(22)26;1-17-11-18(21-5-3-4-6-22(21)26-17)13-31-19-7-9-20(10-8-19)32(28,29)16-24(14-25-15-24)12-23(27)30-2/h5-12,14,20H,13,15-19H2,1-4H3;3-11,25H,12-16H2,1-2H3. The number of ether oxygens (including phenoxy) is 4. The van der Waals surface area contributed by atoms with Gasteiger partial charge < -0.3 is 29.2 Å². The van der Waals surface area contributed by atoms with Gasteiger partial charge in [-0.05, 0) is 92.6 Å². The summed E-state index contributed by atoms with van der Waals surface area (Å²) in [4.78, 5) is 47.3. The van der Waals surface area contributed by atoms with Crippen molar-refractivity contribution in [3.05, 3.63) is 132 Å². The number of rotatable bonds is 18. The van der Waals surface area contributed by atoms with E-state index < -0.39 is 42.4 Å². The number of likely N-dealkylation sites (tertiary alicyclic amines) is 1. The Balaban J connectivity index is 0.000000209. The maximum absolute atomic E-state index is 13.3. The molecule has 6 aromatic rings. The number of carbonyl (C=O) groups is 3. The Labute approximate surface area is 409 Å². The van der Waals surface area contributed by atoms with Gasteiger partial charge in [-0.3, -0.25) is 24.4 Å². The van der Waals surface area contributed by atoms with Crippen LogP contribution in [0.5, 0.6) is 11.5 Å². The molecule has 2 aliphatic rings. The molecule has 0 atom stereocenters. The molecule has 0 bridgehead atoms. The fraction of sp³-hybridized carbons (Fsp3) is 0.377. The molecule has 0 aliphatic carbocycles. The number of hydrogen-bond acceptors (Lipinski definition) is 14. The predicted molar refractivity (Wildman–Crippen MR) is 266 cm³/mol. The van der Waals surface area contributed by atoms with E-state index in [1.807, 2.05) is 88.4 Å². The number of methoxy groups -OCH3 is 2. The zero-order valence-corrected chi connectivity index (χ0v) is 42.0. The number of benzene rings is 4. The molecule has 4 heterocycles. The van der Waals surface area contributed by atoms with Crippen LogP contribution in [0.3, 0.4) is 0 Å². The van der Waals surface area contributed by atoms with Crippen LogP contribution >= 0.6 is 0 Å². The monoisotopic (exact) mass is 992 g/mol. The Bertz CT molecular complexity index is 3080. The highest BCUT2D eigenvalue weighted by Gasteiger charge is 2.50. The van der Waals surface area contributed by atoms with Gasteiger partial charge in [-0.25, -0.2) is 16.8 Å². The maximum atomic E-state index is 13.3. The third-order valence-corrected chi connectivity index (χ3v) is 16.5. The zero-order valence-electron chi connectivity index (χ0n) is 40.4. The summed E-state index contributed by atoms with van der Waals surface area (Å²) in [6, 6.07) is 32.5. The van der Waals surface area contributed by atoms with E-state index in [1.54, 1.807) is 41.3 Å². The minimum atomic E-state index is -3.73. The lowest BCUT2D eigenvalue weighted by atomic mass is 9.78. The maximum Gasteiger partial charge on any atom is 0.306 e. The molecule has 15 nitrogen and oxygen atoms in total. The number of aryl methyl sites for hydroxylation is 2. The van der Waals surface area contributed by atoms with Gasteiger partial charge in [0.25, 0.3) is 0 Å². The molecule has 0 saturated carbocycles. The first kappa shape index (κ1) is 51.4. The van der Waals surface area contributed by atoms with Crippen molar-refractivity contribution in [3.63, 3.8) is 0 Å². The predicted octanol–water partition coefficient (Wildman–Crippen LogP) is 7.38. The van der Waals surface area contributed by atoms with Crippen molar-refractivity contribution in [2.24, 2.45) is 16.7 Å². The van der Waals surface area contributed by atoms with E-state index in [0.717, 1.165) is 44.3 Å². The molecular weight excluding hydrogens is 933 g/mol. The minimum absolute atomic E-state index is 0.0310. The Hall–Kier alpha value is -6.43. The van der Waals surface area contributed by atoms with Crippen LogP contribution in [0.4, 0.5) is 0 Å². The van der Waals surface area contributed by atoms with E-state index in [9.17, 15) is 31.2 Å². The molecule has 0 radical (unpaired) electrons. The Kier molecular flexibility index (Phi) is 15.9. The van der Waals surface area contributed by atoms with Gasteiger partial charge in [0.15, 0.2) is 19.7 Å². The molecule has 2 aliphatic heterocycles. The molecular formula is C53H60N4O11S2. The Morgan fingerprint density at radius 1 is 0.629 bits per heavy atom. The lowest BCUT2D eigenvalue weighted by Gasteiger charge is -2.49. The van der Waals surface area contributed by atoms with E-state index in [0.29, 0.717) is 44.2 Å². The van der Waals surface area contributed by atoms with Crippen LogP contribution in [0.1, 0.15) is 55.6 Å². The molecule has 0 unspecified atom stereocenters. The van der Waals surface area contributed by atoms with Crippen LogP contribution in [0.15, 0.2) is 119 Å². The number of sulfone groups is 2. The number of nitrogens with zero attached hydrogens (tertiary/aromatic N) is 3. The van der Waals surface area contributed by atoms with Gasteiger partial charge in [-0.15, -0.1) is 0 Å². The van der Waals surface area contributed by atoms with Gasteiger partial charge in [-0.2, -0.15) is 0 Å². The first-order chi connectivity index (χ1) is 33.3. The van der Waals surface area contributed by atoms with Crippen molar-refractivity contribution in [2.75, 3.05) is 51.9 Å². The fourth-order valence-electron chi connectivity index (χ4n) is 9.00. The summed E-state index contributed by atoms with van der Waals surface area (Å²) < 4.78 is 74.0. The Morgan fingerprint density at radius 2 is 1.04 bits per heavy atom. The normalized spacial score (nSPS) is 15.0. The van der Waals surface area contributed by atoms with Gasteiger partial charge in [0, 0.05) is 76.7 Å². The summed E-state index contributed by atoms with van der Waals surface area (Å²) in [6.07, 6.45) is 0.405. The van der Waals surface area contributed by atoms with Crippen LogP contribution < -0.4 is 14.8 Å². The number of carbonyl (C=O) groups excluding carboxylic acids is 3. The third kappa shape index (κ3) is 12.7. The fourth-order valence-corrected chi connectivity index (χ4v) is 12.6. The molecule has 370 valence electrons. The smallest absolute Gasteiger partial charge is 0.306 e. The second-order valence-corrected chi connectivity index (χ2v) is 22.9. The summed E-state index contributed by atoms with van der Waals surface area (Å²) in [5.74, 6) is 0.0506. The SMILES string of the molecule is COC(=O)CC1(CS(=O)(=O)c2ccc(OCc3cc(C)nc4ccccc34)cc2)CN(C(=O)CC(C)C)C1.COC(=O)CC1(CS(=O)(=O)c2ccc(OCc3cc(C)nc4ccccc34)cc2)CNC1. The van der Waals surface area contributed by atoms with Crippen molar-refractivity contribution in [1.82, 2.24) is 20.2 Å². The number of aromatic nitrogens is 2. The lowest BCUT2D eigenvalue weighted by Crippen LogP contribution is -2.62. The topological polar surface area (TPSA) is 197 Å².